The Hall–Kier alpha value is -1.78. The number of rotatable bonds is 3. The van der Waals surface area contributed by atoms with E-state index in [1.54, 1.807) is 12.1 Å². The maximum atomic E-state index is 12.6. The van der Waals surface area contributed by atoms with Gasteiger partial charge in [0.1, 0.15) is 5.69 Å². The van der Waals surface area contributed by atoms with Crippen molar-refractivity contribution in [2.75, 3.05) is 0 Å². The van der Waals surface area contributed by atoms with Crippen LogP contribution in [0.4, 0.5) is 0 Å². The van der Waals surface area contributed by atoms with Gasteiger partial charge in [-0.2, -0.15) is 0 Å². The molecule has 1 aromatic heterocycles. The van der Waals surface area contributed by atoms with Gasteiger partial charge in [-0.3, -0.25) is 9.59 Å². The van der Waals surface area contributed by atoms with E-state index < -0.39 is 0 Å². The number of halogens is 2. The smallest absolute Gasteiger partial charge is 0.268 e. The highest BCUT2D eigenvalue weighted by atomic mass is 35.5. The Morgan fingerprint density at radius 1 is 1.25 bits per heavy atom. The molecule has 0 radical (unpaired) electrons. The largest absolute Gasteiger partial charge is 0.354 e. The van der Waals surface area contributed by atoms with E-state index in [-0.39, 0.29) is 17.7 Å². The molecule has 2 N–H and O–H groups in total. The minimum Gasteiger partial charge on any atom is -0.354 e. The van der Waals surface area contributed by atoms with Crippen LogP contribution in [0, 0.1) is 6.92 Å². The third-order valence-corrected chi connectivity index (χ3v) is 5.19. The molecule has 0 spiro atoms. The van der Waals surface area contributed by atoms with E-state index >= 15 is 0 Å². The van der Waals surface area contributed by atoms with Gasteiger partial charge in [0.15, 0.2) is 5.78 Å². The molecule has 1 unspecified atom stereocenters. The zero-order valence-electron chi connectivity index (χ0n) is 13.5. The highest BCUT2D eigenvalue weighted by Gasteiger charge is 2.26. The van der Waals surface area contributed by atoms with Crippen LogP contribution in [0.15, 0.2) is 18.2 Å². The summed E-state index contributed by atoms with van der Waals surface area (Å²) in [7, 11) is 0. The summed E-state index contributed by atoms with van der Waals surface area (Å²) < 4.78 is 0. The Balaban J connectivity index is 1.82. The molecule has 1 aliphatic rings. The number of carbonyl (C=O) groups is 2. The van der Waals surface area contributed by atoms with Crippen LogP contribution in [-0.2, 0) is 6.42 Å². The molecular formula is C18H18Cl2N2O2. The van der Waals surface area contributed by atoms with Gasteiger partial charge in [-0.15, -0.1) is 0 Å². The van der Waals surface area contributed by atoms with Crippen LogP contribution in [0.2, 0.25) is 10.0 Å². The van der Waals surface area contributed by atoms with Crippen LogP contribution >= 0.6 is 23.2 Å². The molecule has 0 aliphatic heterocycles. The van der Waals surface area contributed by atoms with Gasteiger partial charge in [0, 0.05) is 17.7 Å². The second-order valence-electron chi connectivity index (χ2n) is 6.12. The van der Waals surface area contributed by atoms with E-state index in [9.17, 15) is 9.59 Å². The first-order chi connectivity index (χ1) is 11.4. The van der Waals surface area contributed by atoms with E-state index in [2.05, 4.69) is 10.3 Å². The van der Waals surface area contributed by atoms with Gasteiger partial charge >= 0.3 is 0 Å². The number of nitrogens with one attached hydrogen (secondary N) is 2. The number of H-pyrrole nitrogens is 1. The number of hydrogen-bond acceptors (Lipinski definition) is 2. The lowest BCUT2D eigenvalue weighted by atomic mass is 9.94. The molecule has 1 aromatic carbocycles. The first-order valence-electron chi connectivity index (χ1n) is 7.89. The average molecular weight is 365 g/mol. The summed E-state index contributed by atoms with van der Waals surface area (Å²) in [6.45, 7) is 3.69. The first-order valence-corrected chi connectivity index (χ1v) is 8.64. The summed E-state index contributed by atoms with van der Waals surface area (Å²) >= 11 is 12.0. The Kier molecular flexibility index (Phi) is 4.70. The molecule has 1 amide bonds. The Morgan fingerprint density at radius 2 is 2.00 bits per heavy atom. The number of Topliss-reactive ketones (excluding diaryl/α,β-unsaturated/α-hetero) is 1. The third kappa shape index (κ3) is 3.08. The molecule has 1 atom stereocenters. The summed E-state index contributed by atoms with van der Waals surface area (Å²) in [5.74, 6) is -0.116. The lowest BCUT2D eigenvalue weighted by molar-refractivity contribution is 0.0934. The van der Waals surface area contributed by atoms with Crippen molar-refractivity contribution in [1.82, 2.24) is 10.3 Å². The number of benzene rings is 1. The molecule has 3 rings (SSSR count). The van der Waals surface area contributed by atoms with Crippen LogP contribution < -0.4 is 5.32 Å². The summed E-state index contributed by atoms with van der Waals surface area (Å²) in [4.78, 5) is 27.8. The molecule has 6 heteroatoms. The van der Waals surface area contributed by atoms with Crippen molar-refractivity contribution in [3.8, 4) is 0 Å². The number of carbonyl (C=O) groups excluding carboxylic acids is 2. The predicted octanol–water partition coefficient (Wildman–Crippen LogP) is 4.64. The van der Waals surface area contributed by atoms with Crippen molar-refractivity contribution in [3.63, 3.8) is 0 Å². The van der Waals surface area contributed by atoms with E-state index in [1.165, 1.54) is 0 Å². The van der Waals surface area contributed by atoms with Crippen molar-refractivity contribution >= 4 is 34.9 Å². The summed E-state index contributed by atoms with van der Waals surface area (Å²) in [6.07, 6.45) is 2.18. The average Bonchev–Trinajstić information content (AvgIpc) is 2.88. The Labute approximate surface area is 150 Å². The number of aryl methyl sites for hydroxylation is 1. The lowest BCUT2D eigenvalue weighted by Crippen LogP contribution is -2.27. The minimum absolute atomic E-state index is 0.113. The molecule has 0 fully saturated rings. The number of hydrogen-bond donors (Lipinski definition) is 2. The molecule has 0 saturated heterocycles. The van der Waals surface area contributed by atoms with Gasteiger partial charge < -0.3 is 10.3 Å². The predicted molar refractivity (Wildman–Crippen MR) is 95.1 cm³/mol. The van der Waals surface area contributed by atoms with Gasteiger partial charge in [0.05, 0.1) is 16.1 Å². The summed E-state index contributed by atoms with van der Waals surface area (Å²) in [6, 6.07) is 5.04. The summed E-state index contributed by atoms with van der Waals surface area (Å²) in [5.41, 5.74) is 3.61. The maximum Gasteiger partial charge on any atom is 0.268 e. The SMILES string of the molecule is Cc1c(C(=O)NC(C)c2ccc(Cl)c(Cl)c2)[nH]c2c1C(=O)CCC2. The third-order valence-electron chi connectivity index (χ3n) is 4.46. The van der Waals surface area contributed by atoms with Crippen molar-refractivity contribution in [1.29, 1.82) is 0 Å². The number of aromatic nitrogens is 1. The van der Waals surface area contributed by atoms with Crippen LogP contribution in [-0.4, -0.2) is 16.7 Å². The monoisotopic (exact) mass is 364 g/mol. The van der Waals surface area contributed by atoms with Crippen molar-refractivity contribution in [3.05, 3.63) is 56.3 Å². The fourth-order valence-corrected chi connectivity index (χ4v) is 3.44. The number of aromatic amines is 1. The normalized spacial score (nSPS) is 15.1. The molecule has 24 heavy (non-hydrogen) atoms. The number of ketones is 1. The van der Waals surface area contributed by atoms with Crippen LogP contribution in [0.25, 0.3) is 0 Å². The number of amides is 1. The van der Waals surface area contributed by atoms with Gasteiger partial charge in [0.25, 0.3) is 5.91 Å². The summed E-state index contributed by atoms with van der Waals surface area (Å²) in [5, 5.41) is 3.87. The molecule has 2 aromatic rings. The second-order valence-corrected chi connectivity index (χ2v) is 6.94. The molecule has 1 aliphatic carbocycles. The molecule has 0 bridgehead atoms. The lowest BCUT2D eigenvalue weighted by Gasteiger charge is -2.15. The quantitative estimate of drug-likeness (QED) is 0.832. The molecular weight excluding hydrogens is 347 g/mol. The highest BCUT2D eigenvalue weighted by molar-refractivity contribution is 6.42. The standard InChI is InChI=1S/C18H18Cl2N2O2/c1-9-16-14(4-3-5-15(16)23)22-17(9)18(24)21-10(2)11-6-7-12(19)13(20)8-11/h6-8,10,22H,3-5H2,1-2H3,(H,21,24). The van der Waals surface area contributed by atoms with Crippen LogP contribution in [0.5, 0.6) is 0 Å². The van der Waals surface area contributed by atoms with Gasteiger partial charge in [0.2, 0.25) is 0 Å². The molecule has 4 nitrogen and oxygen atoms in total. The van der Waals surface area contributed by atoms with Crippen molar-refractivity contribution in [2.45, 2.75) is 39.2 Å². The van der Waals surface area contributed by atoms with Gasteiger partial charge in [-0.05, 0) is 49.9 Å². The molecule has 0 saturated carbocycles. The van der Waals surface area contributed by atoms with Crippen molar-refractivity contribution < 1.29 is 9.59 Å². The molecule has 1 heterocycles. The van der Waals surface area contributed by atoms with Gasteiger partial charge in [-0.1, -0.05) is 29.3 Å². The Bertz CT molecular complexity index is 827. The topological polar surface area (TPSA) is 62.0 Å². The van der Waals surface area contributed by atoms with E-state index in [0.29, 0.717) is 27.7 Å². The first kappa shape index (κ1) is 17.1. The fraction of sp³-hybridized carbons (Fsp3) is 0.333. The maximum absolute atomic E-state index is 12.6. The Morgan fingerprint density at radius 3 is 2.67 bits per heavy atom. The molecule has 126 valence electrons. The number of fused-ring (bicyclic) bond motifs is 1. The van der Waals surface area contributed by atoms with Crippen LogP contribution in [0.1, 0.15) is 63.5 Å². The zero-order chi connectivity index (χ0) is 17.4. The zero-order valence-corrected chi connectivity index (χ0v) is 15.0. The van der Waals surface area contributed by atoms with Gasteiger partial charge in [-0.25, -0.2) is 0 Å². The van der Waals surface area contributed by atoms with E-state index in [4.69, 9.17) is 23.2 Å². The fourth-order valence-electron chi connectivity index (χ4n) is 3.14. The van der Waals surface area contributed by atoms with E-state index in [1.807, 2.05) is 19.9 Å². The second kappa shape index (κ2) is 6.61. The van der Waals surface area contributed by atoms with E-state index in [0.717, 1.165) is 29.7 Å². The minimum atomic E-state index is -0.234. The highest BCUT2D eigenvalue weighted by Crippen LogP contribution is 2.28. The van der Waals surface area contributed by atoms with Crippen molar-refractivity contribution in [2.24, 2.45) is 0 Å². The van der Waals surface area contributed by atoms with Crippen LogP contribution in [0.3, 0.4) is 0 Å².